The fourth-order valence-corrected chi connectivity index (χ4v) is 2.98. The van der Waals surface area contributed by atoms with Gasteiger partial charge in [-0.05, 0) is 25.2 Å². The second-order valence-corrected chi connectivity index (χ2v) is 6.20. The predicted octanol–water partition coefficient (Wildman–Crippen LogP) is 1.52. The third kappa shape index (κ3) is 2.59. The van der Waals surface area contributed by atoms with Gasteiger partial charge in [-0.15, -0.1) is 0 Å². The van der Waals surface area contributed by atoms with Gasteiger partial charge >= 0.3 is 5.69 Å². The average Bonchev–Trinajstić information content (AvgIpc) is 2.36. The summed E-state index contributed by atoms with van der Waals surface area (Å²) in [6.45, 7) is 6.66. The van der Waals surface area contributed by atoms with Gasteiger partial charge in [-0.25, -0.2) is 4.79 Å². The Morgan fingerprint density at radius 2 is 2.10 bits per heavy atom. The normalized spacial score (nSPS) is 21.6. The van der Waals surface area contributed by atoms with Crippen molar-refractivity contribution in [3.8, 4) is 0 Å². The summed E-state index contributed by atoms with van der Waals surface area (Å²) in [7, 11) is 0. The van der Waals surface area contributed by atoms with Gasteiger partial charge in [0.25, 0.3) is 5.56 Å². The topological polar surface area (TPSA) is 92.9 Å². The van der Waals surface area contributed by atoms with Crippen molar-refractivity contribution in [2.45, 2.75) is 59.0 Å². The van der Waals surface area contributed by atoms with Crippen molar-refractivity contribution in [3.05, 3.63) is 20.8 Å². The molecule has 0 saturated heterocycles. The first-order valence-corrected chi connectivity index (χ1v) is 7.26. The second-order valence-electron chi connectivity index (χ2n) is 6.20. The first-order valence-electron chi connectivity index (χ1n) is 7.26. The summed E-state index contributed by atoms with van der Waals surface area (Å²) in [5, 5.41) is 3.28. The Hall–Kier alpha value is -1.72. The van der Waals surface area contributed by atoms with E-state index in [1.807, 2.05) is 6.92 Å². The lowest BCUT2D eigenvalue weighted by atomic mass is 9.73. The molecule has 1 aliphatic rings. The number of hydrogen-bond donors (Lipinski definition) is 3. The minimum atomic E-state index is -0.455. The summed E-state index contributed by atoms with van der Waals surface area (Å²) in [4.78, 5) is 26.0. The molecule has 1 aliphatic carbocycles. The van der Waals surface area contributed by atoms with E-state index in [-0.39, 0.29) is 17.3 Å². The molecule has 1 aromatic heterocycles. The highest BCUT2D eigenvalue weighted by Gasteiger charge is 2.33. The van der Waals surface area contributed by atoms with E-state index in [1.165, 1.54) is 11.0 Å². The zero-order chi connectivity index (χ0) is 14.9. The molecule has 0 spiro atoms. The van der Waals surface area contributed by atoms with Crippen molar-refractivity contribution in [2.24, 2.45) is 5.41 Å². The highest BCUT2D eigenvalue weighted by molar-refractivity contribution is 5.61. The van der Waals surface area contributed by atoms with Crippen LogP contribution in [-0.4, -0.2) is 15.6 Å². The first-order chi connectivity index (χ1) is 9.36. The van der Waals surface area contributed by atoms with E-state index in [2.05, 4.69) is 24.1 Å². The molecule has 1 fully saturated rings. The highest BCUT2D eigenvalue weighted by Crippen LogP contribution is 2.37. The molecule has 0 aromatic carbocycles. The number of nitrogens with one attached hydrogen (secondary N) is 2. The molecule has 1 saturated carbocycles. The van der Waals surface area contributed by atoms with Crippen LogP contribution in [0.1, 0.15) is 46.5 Å². The maximum Gasteiger partial charge on any atom is 0.330 e. The molecule has 6 nitrogen and oxygen atoms in total. The maximum absolute atomic E-state index is 12.0. The van der Waals surface area contributed by atoms with Gasteiger partial charge in [0.05, 0.1) is 0 Å². The van der Waals surface area contributed by atoms with E-state index >= 15 is 0 Å². The van der Waals surface area contributed by atoms with E-state index in [1.54, 1.807) is 0 Å². The van der Waals surface area contributed by atoms with Crippen LogP contribution in [0.5, 0.6) is 0 Å². The Balaban J connectivity index is 2.39. The van der Waals surface area contributed by atoms with Gasteiger partial charge in [0.2, 0.25) is 0 Å². The molecular formula is C14H24N4O2. The smallest absolute Gasteiger partial charge is 0.330 e. The molecule has 1 atom stereocenters. The predicted molar refractivity (Wildman–Crippen MR) is 81.1 cm³/mol. The van der Waals surface area contributed by atoms with Crippen LogP contribution >= 0.6 is 0 Å². The van der Waals surface area contributed by atoms with E-state index in [4.69, 9.17) is 5.73 Å². The Labute approximate surface area is 118 Å². The highest BCUT2D eigenvalue weighted by atomic mass is 16.2. The van der Waals surface area contributed by atoms with Crippen molar-refractivity contribution in [1.82, 2.24) is 9.55 Å². The van der Waals surface area contributed by atoms with E-state index < -0.39 is 11.2 Å². The van der Waals surface area contributed by atoms with E-state index in [9.17, 15) is 9.59 Å². The third-order valence-electron chi connectivity index (χ3n) is 4.38. The summed E-state index contributed by atoms with van der Waals surface area (Å²) in [5.41, 5.74) is 5.54. The number of nitrogens with zero attached hydrogens (tertiary/aromatic N) is 1. The monoisotopic (exact) mass is 280 g/mol. The number of aromatic nitrogens is 2. The standard InChI is InChI=1S/C14H24N4O2/c1-4-18-11(15)10(12(19)17-13(18)20)16-9-7-5-6-8-14(9,2)3/h9,16H,4-8,15H2,1-3H3,(H,17,19,20). The summed E-state index contributed by atoms with van der Waals surface area (Å²) >= 11 is 0. The molecule has 0 radical (unpaired) electrons. The Morgan fingerprint density at radius 1 is 1.40 bits per heavy atom. The van der Waals surface area contributed by atoms with Gasteiger partial charge in [-0.1, -0.05) is 26.7 Å². The molecule has 1 unspecified atom stereocenters. The lowest BCUT2D eigenvalue weighted by molar-refractivity contribution is 0.217. The molecule has 1 aromatic rings. The fourth-order valence-electron chi connectivity index (χ4n) is 2.98. The van der Waals surface area contributed by atoms with Crippen molar-refractivity contribution in [3.63, 3.8) is 0 Å². The largest absolute Gasteiger partial charge is 0.383 e. The molecule has 0 aliphatic heterocycles. The summed E-state index contributed by atoms with van der Waals surface area (Å²) < 4.78 is 1.37. The van der Waals surface area contributed by atoms with Crippen molar-refractivity contribution in [1.29, 1.82) is 0 Å². The molecule has 0 amide bonds. The van der Waals surface area contributed by atoms with Gasteiger partial charge in [0, 0.05) is 12.6 Å². The molecule has 20 heavy (non-hydrogen) atoms. The van der Waals surface area contributed by atoms with Crippen LogP contribution in [0.3, 0.4) is 0 Å². The van der Waals surface area contributed by atoms with Crippen LogP contribution in [-0.2, 0) is 6.54 Å². The first kappa shape index (κ1) is 14.7. The van der Waals surface area contributed by atoms with Crippen molar-refractivity contribution in [2.75, 3.05) is 11.1 Å². The average molecular weight is 280 g/mol. The van der Waals surface area contributed by atoms with Gasteiger partial charge in [-0.3, -0.25) is 14.3 Å². The minimum Gasteiger partial charge on any atom is -0.383 e. The van der Waals surface area contributed by atoms with Gasteiger partial charge in [-0.2, -0.15) is 0 Å². The Kier molecular flexibility index (Phi) is 3.92. The summed E-state index contributed by atoms with van der Waals surface area (Å²) in [6.07, 6.45) is 4.49. The lowest BCUT2D eigenvalue weighted by Crippen LogP contribution is -2.42. The summed E-state index contributed by atoms with van der Waals surface area (Å²) in [5.74, 6) is 0.225. The van der Waals surface area contributed by atoms with E-state index in [0.717, 1.165) is 19.3 Å². The van der Waals surface area contributed by atoms with Gasteiger partial charge in [0.15, 0.2) is 0 Å². The van der Waals surface area contributed by atoms with Gasteiger partial charge in [0.1, 0.15) is 11.5 Å². The fraction of sp³-hybridized carbons (Fsp3) is 0.714. The number of anilines is 2. The van der Waals surface area contributed by atoms with Crippen LogP contribution in [0.4, 0.5) is 11.5 Å². The zero-order valence-electron chi connectivity index (χ0n) is 12.5. The molecule has 4 N–H and O–H groups in total. The van der Waals surface area contributed by atoms with Crippen molar-refractivity contribution < 1.29 is 0 Å². The lowest BCUT2D eigenvalue weighted by Gasteiger charge is -2.39. The molecule has 0 bridgehead atoms. The number of hydrogen-bond acceptors (Lipinski definition) is 4. The van der Waals surface area contributed by atoms with Crippen LogP contribution < -0.4 is 22.3 Å². The minimum absolute atomic E-state index is 0.115. The Bertz CT molecular complexity index is 600. The SMILES string of the molecule is CCn1c(N)c(NC2CCCCC2(C)C)c(=O)[nH]c1=O. The van der Waals surface area contributed by atoms with Crippen LogP contribution in [0.15, 0.2) is 9.59 Å². The number of aromatic amines is 1. The third-order valence-corrected chi connectivity index (χ3v) is 4.38. The molecular weight excluding hydrogens is 256 g/mol. The number of nitrogens with two attached hydrogens (primary N) is 1. The quantitative estimate of drug-likeness (QED) is 0.782. The van der Waals surface area contributed by atoms with E-state index in [0.29, 0.717) is 12.2 Å². The number of nitrogen functional groups attached to an aromatic ring is 1. The van der Waals surface area contributed by atoms with Crippen molar-refractivity contribution >= 4 is 11.5 Å². The Morgan fingerprint density at radius 3 is 2.70 bits per heavy atom. The second kappa shape index (κ2) is 5.34. The molecule has 6 heteroatoms. The number of rotatable bonds is 3. The van der Waals surface area contributed by atoms with Crippen LogP contribution in [0, 0.1) is 5.41 Å². The van der Waals surface area contributed by atoms with Gasteiger partial charge < -0.3 is 11.1 Å². The maximum atomic E-state index is 12.0. The van der Waals surface area contributed by atoms with Crippen LogP contribution in [0.2, 0.25) is 0 Å². The molecule has 1 heterocycles. The molecule has 112 valence electrons. The van der Waals surface area contributed by atoms with Crippen LogP contribution in [0.25, 0.3) is 0 Å². The zero-order valence-corrected chi connectivity index (χ0v) is 12.5. The molecule has 2 rings (SSSR count). The summed E-state index contributed by atoms with van der Waals surface area (Å²) in [6, 6.07) is 0.197. The number of H-pyrrole nitrogens is 1.